The normalized spacial score (nSPS) is 19.7. The van der Waals surface area contributed by atoms with Gasteiger partial charge in [0.15, 0.2) is 54.5 Å². The highest BCUT2D eigenvalue weighted by atomic mass is 16.1. The molecule has 4 N–H and O–H groups in total. The Bertz CT molecular complexity index is 3860. The summed E-state index contributed by atoms with van der Waals surface area (Å²) in [5, 5.41) is 20.2. The number of nitrogens with zero attached hydrogens (tertiary/aromatic N) is 16. The van der Waals surface area contributed by atoms with Crippen LogP contribution < -0.4 is 22.2 Å². The van der Waals surface area contributed by atoms with Crippen molar-refractivity contribution in [1.29, 1.82) is 0 Å². The lowest BCUT2D eigenvalue weighted by atomic mass is 9.95. The molecule has 0 spiro atoms. The molecule has 0 bridgehead atoms. The Hall–Kier alpha value is -6.50. The second-order valence-electron chi connectivity index (χ2n) is 25.4. The van der Waals surface area contributed by atoms with Gasteiger partial charge in [0.1, 0.15) is 44.8 Å². The predicted molar refractivity (Wildman–Crippen MR) is 317 cm³/mol. The first kappa shape index (κ1) is 57.3. The minimum absolute atomic E-state index is 0.0740. The number of rotatable bonds is 6. The number of fused-ring (bicyclic) bond motifs is 4. The summed E-state index contributed by atoms with van der Waals surface area (Å²) in [5.41, 5.74) is 3.42. The van der Waals surface area contributed by atoms with Crippen LogP contribution in [0.4, 0.5) is 0 Å². The van der Waals surface area contributed by atoms with Crippen molar-refractivity contribution in [2.24, 2.45) is 0 Å². The van der Waals surface area contributed by atoms with Crippen LogP contribution >= 0.6 is 0 Å². The molecule has 8 radical (unpaired) electrons. The van der Waals surface area contributed by atoms with Crippen LogP contribution in [0, 0.1) is 13.8 Å². The third-order valence-electron chi connectivity index (χ3n) is 16.7. The molecule has 4 saturated heterocycles. The molecule has 12 heterocycles. The number of H-pyrrole nitrogens is 4. The third-order valence-corrected chi connectivity index (χ3v) is 16.7. The zero-order chi connectivity index (χ0) is 58.1. The SMILES string of the molecule is [B]N1CC(c2nc3c(c(C)nn3C(C)(C)C)c(=O)[nH]2)C1.[B]N1CC(c2nc3c(c(C)nn3C3CCCCC3)c(=O)[nH]2)C1.[B]N1CC(c2nc3c(cnn3C(C)(C)C)c(=O)[nH]2)C1.[B]N1CC(c2nc3c(cnn3C3CCCCC3)c(=O)[nH]2)C1. The first-order valence-corrected chi connectivity index (χ1v) is 28.9. The Morgan fingerprint density at radius 1 is 0.427 bits per heavy atom. The fourth-order valence-electron chi connectivity index (χ4n) is 12.0. The average Bonchev–Trinajstić information content (AvgIpc) is 3.12. The Morgan fingerprint density at radius 2 is 0.780 bits per heavy atom. The monoisotopic (exact) mass is 1110 g/mol. The molecule has 0 unspecified atom stereocenters. The molecule has 0 amide bonds. The van der Waals surface area contributed by atoms with Crippen molar-refractivity contribution in [3.63, 3.8) is 0 Å². The number of hydrogen-bond donors (Lipinski definition) is 4. The quantitative estimate of drug-likeness (QED) is 0.174. The highest BCUT2D eigenvalue weighted by Crippen LogP contribution is 2.33. The van der Waals surface area contributed by atoms with E-state index in [4.69, 9.17) is 41.9 Å². The maximum absolute atomic E-state index is 12.4. The Kier molecular flexibility index (Phi) is 15.8. The van der Waals surface area contributed by atoms with E-state index < -0.39 is 0 Å². The van der Waals surface area contributed by atoms with Crippen molar-refractivity contribution in [1.82, 2.24) is 98.2 Å². The summed E-state index contributed by atoms with van der Waals surface area (Å²) in [6, 6.07) is 0.755. The standard InChI is InChI=1S/C15H20BN5O.C14H18BN5O.C13H18BN5O.C12H16BN5O/c1-9-12-14(21(19-9)11-5-3-2-4-6-11)17-13(18-15(12)22)10-7-20(16)8-10;15-19-7-9(8-19)12-17-13-11(14(21)18-12)6-16-20(13)10-4-2-1-3-5-10;1-7-9-11(19(17-7)13(2,3)4)15-10(16-12(9)20)8-5-18(14)6-8;1-12(2,3)18-10-8(4-14-18)11(19)16-9(15-10)7-5-17(13)6-7/h10-11H,2-8H2,1H3,(H,17,18,22);6,9-10H,1-5,7-8H2,(H,17,18,21);8H,5-6H2,1-4H3,(H,15,16,20);4,7H,5-6H2,1-3H3,(H,15,16,19). The molecule has 4 aliphatic heterocycles. The predicted octanol–water partition coefficient (Wildman–Crippen LogP) is 3.55. The van der Waals surface area contributed by atoms with Gasteiger partial charge in [-0.1, -0.05) is 38.5 Å². The third kappa shape index (κ3) is 11.5. The van der Waals surface area contributed by atoms with Gasteiger partial charge in [-0.25, -0.2) is 38.7 Å². The smallest absolute Gasteiger partial charge is 0.262 e. The van der Waals surface area contributed by atoms with Crippen molar-refractivity contribution in [3.05, 3.63) is 88.5 Å². The first-order chi connectivity index (χ1) is 39.0. The Labute approximate surface area is 479 Å². The van der Waals surface area contributed by atoms with E-state index in [1.165, 1.54) is 38.5 Å². The molecule has 82 heavy (non-hydrogen) atoms. The fraction of sp³-hybridized carbons (Fsp3) is 0.630. The van der Waals surface area contributed by atoms with Crippen LogP contribution in [0.1, 0.15) is 176 Å². The van der Waals surface area contributed by atoms with E-state index in [-0.39, 0.29) is 57.0 Å². The molecule has 2 saturated carbocycles. The van der Waals surface area contributed by atoms with E-state index >= 15 is 0 Å². The molecule has 24 nitrogen and oxygen atoms in total. The van der Waals surface area contributed by atoms with Gasteiger partial charge in [-0.2, -0.15) is 20.4 Å². The first-order valence-electron chi connectivity index (χ1n) is 28.9. The van der Waals surface area contributed by atoms with Crippen molar-refractivity contribution >= 4 is 76.1 Å². The summed E-state index contributed by atoms with van der Waals surface area (Å²) in [6.07, 6.45) is 15.2. The topological polar surface area (TPSA) is 267 Å². The van der Waals surface area contributed by atoms with Crippen LogP contribution in [0.5, 0.6) is 0 Å². The summed E-state index contributed by atoms with van der Waals surface area (Å²) in [5.74, 6) is 3.73. The number of aromatic nitrogens is 16. The average molecular weight is 1110 g/mol. The summed E-state index contributed by atoms with van der Waals surface area (Å²) in [6.45, 7) is 21.8. The largest absolute Gasteiger partial charge is 0.352 e. The lowest BCUT2D eigenvalue weighted by Gasteiger charge is -2.36. The molecule has 28 heteroatoms. The van der Waals surface area contributed by atoms with Crippen LogP contribution in [-0.4, -0.2) is 183 Å². The second-order valence-corrected chi connectivity index (χ2v) is 25.4. The van der Waals surface area contributed by atoms with Gasteiger partial charge < -0.3 is 39.2 Å². The molecule has 2 aliphatic carbocycles. The van der Waals surface area contributed by atoms with Gasteiger partial charge in [0, 0.05) is 23.7 Å². The van der Waals surface area contributed by atoms with Gasteiger partial charge in [0.2, 0.25) is 0 Å². The molecule has 14 rings (SSSR count). The van der Waals surface area contributed by atoms with Crippen molar-refractivity contribution in [2.45, 2.75) is 166 Å². The Morgan fingerprint density at radius 3 is 1.22 bits per heavy atom. The minimum Gasteiger partial charge on any atom is -0.352 e. The maximum atomic E-state index is 12.4. The van der Waals surface area contributed by atoms with Gasteiger partial charge in [0.25, 0.3) is 22.2 Å². The molecule has 0 atom stereocenters. The van der Waals surface area contributed by atoms with Gasteiger partial charge >= 0.3 is 0 Å². The number of aryl methyl sites for hydroxylation is 2. The van der Waals surface area contributed by atoms with E-state index in [1.807, 2.05) is 69.4 Å². The van der Waals surface area contributed by atoms with Gasteiger partial charge in [-0.3, -0.25) is 19.2 Å². The Balaban J connectivity index is 0.000000115. The minimum atomic E-state index is -0.218. The van der Waals surface area contributed by atoms with Gasteiger partial charge in [-0.15, -0.1) is 0 Å². The molecule has 0 aromatic carbocycles. The fourth-order valence-corrected chi connectivity index (χ4v) is 12.0. The molecule has 8 aromatic heterocycles. The summed E-state index contributed by atoms with van der Waals surface area (Å²) in [7, 11) is 22.7. The second kappa shape index (κ2) is 22.6. The van der Waals surface area contributed by atoms with E-state index in [1.54, 1.807) is 36.3 Å². The lowest BCUT2D eigenvalue weighted by molar-refractivity contribution is 0.267. The van der Waals surface area contributed by atoms with E-state index in [0.717, 1.165) is 107 Å². The number of hydrogen-bond acceptors (Lipinski definition) is 16. The zero-order valence-corrected chi connectivity index (χ0v) is 48.4. The van der Waals surface area contributed by atoms with E-state index in [9.17, 15) is 19.2 Å². The van der Waals surface area contributed by atoms with Crippen molar-refractivity contribution in [3.8, 4) is 0 Å². The highest BCUT2D eigenvalue weighted by Gasteiger charge is 2.33. The molecule has 6 aliphatic rings. The van der Waals surface area contributed by atoms with Crippen molar-refractivity contribution in [2.75, 3.05) is 52.4 Å². The molecular weight excluding hydrogens is 1040 g/mol. The number of nitrogens with one attached hydrogen (secondary N) is 4. The van der Waals surface area contributed by atoms with Crippen LogP contribution in [0.15, 0.2) is 31.6 Å². The van der Waals surface area contributed by atoms with Crippen molar-refractivity contribution < 1.29 is 0 Å². The van der Waals surface area contributed by atoms with Crippen LogP contribution in [0.2, 0.25) is 0 Å². The molecule has 6 fully saturated rings. The highest BCUT2D eigenvalue weighted by molar-refractivity contribution is 6.05. The number of aromatic amines is 4. The summed E-state index contributed by atoms with van der Waals surface area (Å²) >= 11 is 0. The maximum Gasteiger partial charge on any atom is 0.262 e. The van der Waals surface area contributed by atoms with E-state index in [0.29, 0.717) is 62.3 Å². The van der Waals surface area contributed by atoms with Crippen LogP contribution in [0.3, 0.4) is 0 Å². The summed E-state index contributed by atoms with van der Waals surface area (Å²) < 4.78 is 7.59. The summed E-state index contributed by atoms with van der Waals surface area (Å²) in [4.78, 5) is 86.1. The van der Waals surface area contributed by atoms with Crippen LogP contribution in [-0.2, 0) is 11.1 Å². The lowest BCUT2D eigenvalue weighted by Crippen LogP contribution is -2.44. The van der Waals surface area contributed by atoms with Gasteiger partial charge in [-0.05, 0) is 133 Å². The molecular formula is C54H72B4N20O4. The molecule has 424 valence electrons. The molecule has 8 aromatic rings. The van der Waals surface area contributed by atoms with Crippen LogP contribution in [0.25, 0.3) is 44.1 Å². The van der Waals surface area contributed by atoms with Gasteiger partial charge in [0.05, 0.1) is 46.9 Å². The zero-order valence-electron chi connectivity index (χ0n) is 48.4. The van der Waals surface area contributed by atoms with E-state index in [2.05, 4.69) is 50.3 Å².